The Morgan fingerprint density at radius 2 is 2.04 bits per heavy atom. The number of esters is 1. The molecule has 0 bridgehead atoms. The Kier molecular flexibility index (Phi) is 6.64. The van der Waals surface area contributed by atoms with Gasteiger partial charge in [-0.1, -0.05) is 0 Å². The van der Waals surface area contributed by atoms with E-state index in [2.05, 4.69) is 10.4 Å². The van der Waals surface area contributed by atoms with Gasteiger partial charge < -0.3 is 14.8 Å². The van der Waals surface area contributed by atoms with E-state index in [0.29, 0.717) is 25.3 Å². The van der Waals surface area contributed by atoms with E-state index in [-0.39, 0.29) is 18.0 Å². The van der Waals surface area contributed by atoms with Crippen molar-refractivity contribution < 1.29 is 18.7 Å². The van der Waals surface area contributed by atoms with Crippen molar-refractivity contribution in [2.24, 2.45) is 0 Å². The number of benzene rings is 1. The van der Waals surface area contributed by atoms with Gasteiger partial charge >= 0.3 is 5.97 Å². The number of nitrogens with zero attached hydrogens (tertiary/aromatic N) is 2. The first-order valence-electron chi connectivity index (χ1n) is 7.87. The van der Waals surface area contributed by atoms with Crippen LogP contribution >= 0.6 is 0 Å². The first kappa shape index (κ1) is 18.6. The molecule has 0 aliphatic rings. The van der Waals surface area contributed by atoms with E-state index in [1.165, 1.54) is 30.3 Å². The van der Waals surface area contributed by atoms with Gasteiger partial charge in [-0.3, -0.25) is 4.79 Å². The zero-order chi connectivity index (χ0) is 18.2. The zero-order valence-electron chi connectivity index (χ0n) is 14.1. The maximum Gasteiger partial charge on any atom is 0.360 e. The van der Waals surface area contributed by atoms with Gasteiger partial charge in [0.2, 0.25) is 0 Å². The molecule has 1 aromatic heterocycles. The summed E-state index contributed by atoms with van der Waals surface area (Å²) < 4.78 is 24.1. The summed E-state index contributed by atoms with van der Waals surface area (Å²) in [5.41, 5.74) is 0.179. The minimum Gasteiger partial charge on any atom is -0.461 e. The average Bonchev–Trinajstić information content (AvgIpc) is 2.60. The number of aromatic nitrogens is 2. The van der Waals surface area contributed by atoms with E-state index in [1.807, 2.05) is 0 Å². The number of nitrogens with one attached hydrogen (secondary N) is 1. The van der Waals surface area contributed by atoms with E-state index in [0.717, 1.165) is 4.68 Å². The van der Waals surface area contributed by atoms with Crippen LogP contribution in [0.4, 0.5) is 10.1 Å². The van der Waals surface area contributed by atoms with Gasteiger partial charge in [0.25, 0.3) is 5.56 Å². The zero-order valence-corrected chi connectivity index (χ0v) is 14.1. The van der Waals surface area contributed by atoms with Gasteiger partial charge in [0.15, 0.2) is 5.69 Å². The number of hydrogen-bond donors (Lipinski definition) is 1. The third-order valence-corrected chi connectivity index (χ3v) is 3.31. The molecule has 0 fully saturated rings. The van der Waals surface area contributed by atoms with Gasteiger partial charge in [-0.2, -0.15) is 9.78 Å². The lowest BCUT2D eigenvalue weighted by Crippen LogP contribution is -2.26. The summed E-state index contributed by atoms with van der Waals surface area (Å²) in [4.78, 5) is 24.5. The fourth-order valence-electron chi connectivity index (χ4n) is 2.15. The predicted octanol–water partition coefficient (Wildman–Crippen LogP) is 2.00. The molecule has 0 unspecified atom stereocenters. The molecule has 2 rings (SSSR count). The van der Waals surface area contributed by atoms with E-state index >= 15 is 0 Å². The summed E-state index contributed by atoms with van der Waals surface area (Å²) >= 11 is 0. The standard InChI is InChI=1S/C17H20FN3O4/c1-3-25-17(23)16-14(19-9-4-10-24-2)11-15(22)21(20-16)13-7-5-12(18)6-8-13/h5-8,11,19H,3-4,9-10H2,1-2H3. The molecule has 0 saturated carbocycles. The average molecular weight is 349 g/mol. The highest BCUT2D eigenvalue weighted by Crippen LogP contribution is 2.14. The monoisotopic (exact) mass is 349 g/mol. The van der Waals surface area contributed by atoms with Gasteiger partial charge in [0, 0.05) is 26.3 Å². The number of carbonyl (C=O) groups is 1. The molecule has 2 aromatic rings. The molecule has 7 nitrogen and oxygen atoms in total. The number of methoxy groups -OCH3 is 1. The second-order valence-corrected chi connectivity index (χ2v) is 5.13. The number of carbonyl (C=O) groups excluding carboxylic acids is 1. The van der Waals surface area contributed by atoms with Crippen molar-refractivity contribution in [1.82, 2.24) is 9.78 Å². The third kappa shape index (κ3) is 4.87. The fraction of sp³-hybridized carbons (Fsp3) is 0.353. The van der Waals surface area contributed by atoms with Gasteiger partial charge in [-0.15, -0.1) is 0 Å². The summed E-state index contributed by atoms with van der Waals surface area (Å²) in [6, 6.07) is 6.51. The molecule has 0 radical (unpaired) electrons. The molecule has 1 N–H and O–H groups in total. The quantitative estimate of drug-likeness (QED) is 0.580. The topological polar surface area (TPSA) is 82.5 Å². The van der Waals surface area contributed by atoms with Crippen LogP contribution in [0.5, 0.6) is 0 Å². The van der Waals surface area contributed by atoms with Crippen LogP contribution in [0.15, 0.2) is 35.1 Å². The molecule has 1 heterocycles. The summed E-state index contributed by atoms with van der Waals surface area (Å²) in [6.07, 6.45) is 0.694. The van der Waals surface area contributed by atoms with E-state index < -0.39 is 17.3 Å². The van der Waals surface area contributed by atoms with Crippen LogP contribution in [0.3, 0.4) is 0 Å². The summed E-state index contributed by atoms with van der Waals surface area (Å²) in [7, 11) is 1.59. The lowest BCUT2D eigenvalue weighted by atomic mass is 10.3. The Morgan fingerprint density at radius 3 is 2.68 bits per heavy atom. The molecular formula is C17H20FN3O4. The third-order valence-electron chi connectivity index (χ3n) is 3.31. The van der Waals surface area contributed by atoms with Crippen LogP contribution in [0, 0.1) is 5.82 Å². The molecule has 0 saturated heterocycles. The molecule has 0 atom stereocenters. The van der Waals surface area contributed by atoms with Crippen LogP contribution in [-0.2, 0) is 9.47 Å². The Hall–Kier alpha value is -2.74. The van der Waals surface area contributed by atoms with E-state index in [9.17, 15) is 14.0 Å². The second-order valence-electron chi connectivity index (χ2n) is 5.13. The molecule has 0 aliphatic carbocycles. The molecule has 0 spiro atoms. The summed E-state index contributed by atoms with van der Waals surface area (Å²) in [6.45, 7) is 2.91. The van der Waals surface area contributed by atoms with Gasteiger partial charge in [0.1, 0.15) is 5.82 Å². The number of rotatable bonds is 8. The Balaban J connectivity index is 2.39. The van der Waals surface area contributed by atoms with E-state index in [4.69, 9.17) is 9.47 Å². The highest BCUT2D eigenvalue weighted by Gasteiger charge is 2.18. The van der Waals surface area contributed by atoms with Gasteiger partial charge in [0.05, 0.1) is 18.0 Å². The predicted molar refractivity (Wildman–Crippen MR) is 90.7 cm³/mol. The number of hydrogen-bond acceptors (Lipinski definition) is 6. The smallest absolute Gasteiger partial charge is 0.360 e. The Bertz CT molecular complexity index is 774. The molecule has 25 heavy (non-hydrogen) atoms. The van der Waals surface area contributed by atoms with E-state index in [1.54, 1.807) is 14.0 Å². The minimum atomic E-state index is -0.646. The first-order valence-corrected chi connectivity index (χ1v) is 7.87. The molecule has 0 aliphatic heterocycles. The Morgan fingerprint density at radius 1 is 1.32 bits per heavy atom. The number of anilines is 1. The minimum absolute atomic E-state index is 0.0109. The van der Waals surface area contributed by atoms with Crippen molar-refractivity contribution in [3.8, 4) is 5.69 Å². The van der Waals surface area contributed by atoms with Crippen LogP contribution in [0.25, 0.3) is 5.69 Å². The highest BCUT2D eigenvalue weighted by molar-refractivity contribution is 5.93. The lowest BCUT2D eigenvalue weighted by Gasteiger charge is -2.13. The fourth-order valence-corrected chi connectivity index (χ4v) is 2.15. The van der Waals surface area contributed by atoms with Crippen LogP contribution in [-0.4, -0.2) is 42.6 Å². The number of ether oxygens (including phenoxy) is 2. The van der Waals surface area contributed by atoms with Gasteiger partial charge in [-0.05, 0) is 37.6 Å². The SMILES string of the molecule is CCOC(=O)c1nn(-c2ccc(F)cc2)c(=O)cc1NCCCOC. The van der Waals surface area contributed by atoms with Gasteiger partial charge in [-0.25, -0.2) is 9.18 Å². The second kappa shape index (κ2) is 8.93. The molecule has 1 aromatic carbocycles. The first-order chi connectivity index (χ1) is 12.1. The van der Waals surface area contributed by atoms with Crippen molar-refractivity contribution in [2.45, 2.75) is 13.3 Å². The molecule has 8 heteroatoms. The summed E-state index contributed by atoms with van der Waals surface area (Å²) in [5.74, 6) is -1.08. The maximum absolute atomic E-state index is 13.1. The Labute approximate surface area is 144 Å². The maximum atomic E-state index is 13.1. The van der Waals surface area contributed by atoms with Crippen molar-refractivity contribution in [1.29, 1.82) is 0 Å². The molecule has 134 valence electrons. The van der Waals surface area contributed by atoms with Crippen LogP contribution in [0.2, 0.25) is 0 Å². The lowest BCUT2D eigenvalue weighted by molar-refractivity contribution is 0.0518. The van der Waals surface area contributed by atoms with Crippen molar-refractivity contribution in [3.05, 3.63) is 52.2 Å². The normalized spacial score (nSPS) is 10.5. The van der Waals surface area contributed by atoms with Crippen molar-refractivity contribution in [3.63, 3.8) is 0 Å². The number of halogens is 1. The van der Waals surface area contributed by atoms with Crippen LogP contribution < -0.4 is 10.9 Å². The highest BCUT2D eigenvalue weighted by atomic mass is 19.1. The summed E-state index contributed by atoms with van der Waals surface area (Å²) in [5, 5.41) is 7.10. The van der Waals surface area contributed by atoms with Crippen molar-refractivity contribution >= 4 is 11.7 Å². The van der Waals surface area contributed by atoms with Crippen LogP contribution in [0.1, 0.15) is 23.8 Å². The molecular weight excluding hydrogens is 329 g/mol. The van der Waals surface area contributed by atoms with Crippen molar-refractivity contribution in [2.75, 3.05) is 32.2 Å². The largest absolute Gasteiger partial charge is 0.461 e. The molecule has 0 amide bonds.